The Balaban J connectivity index is 3.01. The summed E-state index contributed by atoms with van der Waals surface area (Å²) in [5.74, 6) is 0. The van der Waals surface area contributed by atoms with Crippen molar-refractivity contribution in [2.24, 2.45) is 16.2 Å². The monoisotopic (exact) mass is 196 g/mol. The van der Waals surface area contributed by atoms with Crippen LogP contribution in [0.2, 0.25) is 0 Å². The molecule has 0 aliphatic heterocycles. The maximum atomic E-state index is 2.43. The van der Waals surface area contributed by atoms with Gasteiger partial charge >= 0.3 is 0 Å². The number of hydrogen-bond acceptors (Lipinski definition) is 0. The molecule has 1 aliphatic rings. The zero-order valence-corrected chi connectivity index (χ0v) is 11.0. The molecule has 0 radical (unpaired) electrons. The maximum Gasteiger partial charge on any atom is -0.0200 e. The van der Waals surface area contributed by atoms with Crippen molar-refractivity contribution in [3.05, 3.63) is 0 Å². The van der Waals surface area contributed by atoms with Gasteiger partial charge in [-0.3, -0.25) is 0 Å². The van der Waals surface area contributed by atoms with Crippen LogP contribution in [0.15, 0.2) is 0 Å². The minimum absolute atomic E-state index is 0.450. The van der Waals surface area contributed by atoms with E-state index in [9.17, 15) is 0 Å². The molecule has 1 rings (SSSR count). The van der Waals surface area contributed by atoms with Crippen LogP contribution in [0.1, 0.15) is 73.6 Å². The quantitative estimate of drug-likeness (QED) is 0.510. The summed E-state index contributed by atoms with van der Waals surface area (Å²) in [6, 6.07) is 0. The Morgan fingerprint density at radius 3 is 1.21 bits per heavy atom. The SMILES string of the molecule is CC(C)(C)C1(C(C)(C)C)CCCCC1. The van der Waals surface area contributed by atoms with Crippen LogP contribution in [0.4, 0.5) is 0 Å². The van der Waals surface area contributed by atoms with Gasteiger partial charge in [0.15, 0.2) is 0 Å². The van der Waals surface area contributed by atoms with E-state index in [4.69, 9.17) is 0 Å². The molecule has 0 unspecified atom stereocenters. The Hall–Kier alpha value is 0. The summed E-state index contributed by atoms with van der Waals surface area (Å²) in [6.07, 6.45) is 7.19. The molecule has 1 fully saturated rings. The highest BCUT2D eigenvalue weighted by molar-refractivity contribution is 4.99. The second-order valence-corrected chi connectivity index (χ2v) is 7.14. The second-order valence-electron chi connectivity index (χ2n) is 7.14. The normalized spacial score (nSPS) is 23.6. The van der Waals surface area contributed by atoms with E-state index in [2.05, 4.69) is 41.5 Å². The Morgan fingerprint density at radius 2 is 1.00 bits per heavy atom. The minimum Gasteiger partial charge on any atom is -0.0596 e. The van der Waals surface area contributed by atoms with E-state index in [1.807, 2.05) is 0 Å². The van der Waals surface area contributed by atoms with Crippen LogP contribution >= 0.6 is 0 Å². The highest BCUT2D eigenvalue weighted by atomic mass is 14.5. The first-order valence-electron chi connectivity index (χ1n) is 6.21. The van der Waals surface area contributed by atoms with Gasteiger partial charge < -0.3 is 0 Å². The Bertz CT molecular complexity index is 165. The van der Waals surface area contributed by atoms with Gasteiger partial charge in [-0.15, -0.1) is 0 Å². The van der Waals surface area contributed by atoms with Crippen LogP contribution < -0.4 is 0 Å². The molecule has 0 atom stereocenters. The third kappa shape index (κ3) is 1.85. The summed E-state index contributed by atoms with van der Waals surface area (Å²) in [5, 5.41) is 0. The zero-order chi connectivity index (χ0) is 11.0. The molecular weight excluding hydrogens is 168 g/mol. The van der Waals surface area contributed by atoms with Crippen LogP contribution in [-0.2, 0) is 0 Å². The fraction of sp³-hybridized carbons (Fsp3) is 1.00. The molecule has 0 heteroatoms. The van der Waals surface area contributed by atoms with Crippen LogP contribution in [-0.4, -0.2) is 0 Å². The van der Waals surface area contributed by atoms with Crippen molar-refractivity contribution in [1.29, 1.82) is 0 Å². The lowest BCUT2D eigenvalue weighted by molar-refractivity contribution is -0.0638. The van der Waals surface area contributed by atoms with Gasteiger partial charge in [-0.05, 0) is 29.1 Å². The summed E-state index contributed by atoms with van der Waals surface area (Å²) in [6.45, 7) is 14.6. The first-order chi connectivity index (χ1) is 6.21. The number of hydrogen-bond donors (Lipinski definition) is 0. The molecule has 0 heterocycles. The smallest absolute Gasteiger partial charge is 0.0200 e. The summed E-state index contributed by atoms with van der Waals surface area (Å²) in [5.41, 5.74) is 1.45. The van der Waals surface area contributed by atoms with Gasteiger partial charge in [-0.1, -0.05) is 60.8 Å². The third-order valence-electron chi connectivity index (χ3n) is 4.58. The summed E-state index contributed by atoms with van der Waals surface area (Å²) in [7, 11) is 0. The van der Waals surface area contributed by atoms with Gasteiger partial charge in [0.1, 0.15) is 0 Å². The molecule has 0 spiro atoms. The molecule has 0 aromatic rings. The van der Waals surface area contributed by atoms with E-state index >= 15 is 0 Å². The lowest BCUT2D eigenvalue weighted by Crippen LogP contribution is -2.47. The van der Waals surface area contributed by atoms with Crippen molar-refractivity contribution in [3.8, 4) is 0 Å². The molecule has 1 saturated carbocycles. The fourth-order valence-electron chi connectivity index (χ4n) is 3.78. The van der Waals surface area contributed by atoms with E-state index in [1.165, 1.54) is 32.1 Å². The molecule has 0 nitrogen and oxygen atoms in total. The molecule has 0 saturated heterocycles. The lowest BCUT2D eigenvalue weighted by Gasteiger charge is -2.56. The first kappa shape index (κ1) is 12.1. The zero-order valence-electron chi connectivity index (χ0n) is 11.0. The molecular formula is C14H28. The number of rotatable bonds is 0. The van der Waals surface area contributed by atoms with Crippen molar-refractivity contribution in [3.63, 3.8) is 0 Å². The fourth-order valence-corrected chi connectivity index (χ4v) is 3.78. The molecule has 84 valence electrons. The van der Waals surface area contributed by atoms with Crippen molar-refractivity contribution in [2.75, 3.05) is 0 Å². The van der Waals surface area contributed by atoms with Gasteiger partial charge in [-0.25, -0.2) is 0 Å². The van der Waals surface area contributed by atoms with Crippen molar-refractivity contribution in [2.45, 2.75) is 73.6 Å². The molecule has 0 bridgehead atoms. The standard InChI is InChI=1S/C14H28/c1-12(2,3)14(13(4,5)6)10-8-7-9-11-14/h7-11H2,1-6H3. The van der Waals surface area contributed by atoms with Gasteiger partial charge in [0.2, 0.25) is 0 Å². The van der Waals surface area contributed by atoms with Crippen LogP contribution in [0.5, 0.6) is 0 Å². The second kappa shape index (κ2) is 3.54. The Labute approximate surface area is 90.5 Å². The van der Waals surface area contributed by atoms with Crippen molar-refractivity contribution >= 4 is 0 Å². The molecule has 0 N–H and O–H groups in total. The Morgan fingerprint density at radius 1 is 0.643 bits per heavy atom. The van der Waals surface area contributed by atoms with E-state index in [0.29, 0.717) is 16.2 Å². The molecule has 1 aliphatic carbocycles. The summed E-state index contributed by atoms with van der Waals surface area (Å²) < 4.78 is 0. The Kier molecular flexibility index (Phi) is 3.05. The van der Waals surface area contributed by atoms with Crippen LogP contribution in [0.3, 0.4) is 0 Å². The van der Waals surface area contributed by atoms with E-state index in [0.717, 1.165) is 0 Å². The summed E-state index contributed by atoms with van der Waals surface area (Å²) in [4.78, 5) is 0. The van der Waals surface area contributed by atoms with E-state index < -0.39 is 0 Å². The third-order valence-corrected chi connectivity index (χ3v) is 4.58. The molecule has 0 aromatic carbocycles. The average Bonchev–Trinajstić information content (AvgIpc) is 2.02. The minimum atomic E-state index is 0.450. The lowest BCUT2D eigenvalue weighted by atomic mass is 9.49. The molecule has 0 aromatic heterocycles. The van der Waals surface area contributed by atoms with Crippen molar-refractivity contribution < 1.29 is 0 Å². The van der Waals surface area contributed by atoms with E-state index in [-0.39, 0.29) is 0 Å². The van der Waals surface area contributed by atoms with Gasteiger partial charge in [0.25, 0.3) is 0 Å². The van der Waals surface area contributed by atoms with Crippen LogP contribution in [0.25, 0.3) is 0 Å². The highest BCUT2D eigenvalue weighted by Crippen LogP contribution is 2.59. The van der Waals surface area contributed by atoms with Crippen molar-refractivity contribution in [1.82, 2.24) is 0 Å². The van der Waals surface area contributed by atoms with E-state index in [1.54, 1.807) is 0 Å². The largest absolute Gasteiger partial charge is 0.0596 e. The van der Waals surface area contributed by atoms with Gasteiger partial charge in [-0.2, -0.15) is 0 Å². The highest BCUT2D eigenvalue weighted by Gasteiger charge is 2.50. The first-order valence-corrected chi connectivity index (χ1v) is 6.21. The summed E-state index contributed by atoms with van der Waals surface area (Å²) >= 11 is 0. The van der Waals surface area contributed by atoms with Gasteiger partial charge in [0.05, 0.1) is 0 Å². The topological polar surface area (TPSA) is 0 Å². The predicted molar refractivity (Wildman–Crippen MR) is 64.4 cm³/mol. The predicted octanol–water partition coefficient (Wildman–Crippen LogP) is 5.03. The molecule has 0 amide bonds. The molecule has 14 heavy (non-hydrogen) atoms. The average molecular weight is 196 g/mol. The van der Waals surface area contributed by atoms with Crippen LogP contribution in [0, 0.1) is 16.2 Å². The maximum absolute atomic E-state index is 2.43. The van der Waals surface area contributed by atoms with Gasteiger partial charge in [0, 0.05) is 0 Å².